The van der Waals surface area contributed by atoms with Crippen LogP contribution in [0.2, 0.25) is 0 Å². The highest BCUT2D eigenvalue weighted by Crippen LogP contribution is 2.32. The average molecular weight is 432 g/mol. The van der Waals surface area contributed by atoms with Crippen molar-refractivity contribution in [1.82, 2.24) is 9.62 Å². The first kappa shape index (κ1) is 21.1. The number of hydrogen-bond acceptors (Lipinski definition) is 5. The Morgan fingerprint density at radius 3 is 2.60 bits per heavy atom. The van der Waals surface area contributed by atoms with Crippen LogP contribution >= 0.6 is 0 Å². The van der Waals surface area contributed by atoms with E-state index in [0.29, 0.717) is 31.0 Å². The van der Waals surface area contributed by atoms with Gasteiger partial charge in [-0.25, -0.2) is 8.42 Å². The third-order valence-electron chi connectivity index (χ3n) is 5.95. The van der Waals surface area contributed by atoms with Gasteiger partial charge < -0.3 is 9.32 Å². The van der Waals surface area contributed by atoms with Crippen LogP contribution in [-0.2, 0) is 21.2 Å². The van der Waals surface area contributed by atoms with Crippen LogP contribution in [0, 0.1) is 6.92 Å². The molecule has 1 aromatic heterocycles. The monoisotopic (exact) mass is 431 g/mol. The van der Waals surface area contributed by atoms with E-state index in [1.54, 1.807) is 27.4 Å². The van der Waals surface area contributed by atoms with E-state index in [4.69, 9.17) is 4.42 Å². The summed E-state index contributed by atoms with van der Waals surface area (Å²) < 4.78 is 33.1. The molecule has 0 spiro atoms. The smallest absolute Gasteiger partial charge is 0.243 e. The molecule has 1 saturated heterocycles. The molecule has 4 rings (SSSR count). The molecule has 2 aliphatic rings. The fourth-order valence-electron chi connectivity index (χ4n) is 4.17. The lowest BCUT2D eigenvalue weighted by molar-refractivity contribution is -0.117. The first-order valence-electron chi connectivity index (χ1n) is 10.6. The van der Waals surface area contributed by atoms with Gasteiger partial charge in [0.05, 0.1) is 17.5 Å². The Labute approximate surface area is 178 Å². The molecule has 0 bridgehead atoms. The summed E-state index contributed by atoms with van der Waals surface area (Å²) in [5.74, 6) is 1.61. The van der Waals surface area contributed by atoms with Gasteiger partial charge in [0.15, 0.2) is 0 Å². The van der Waals surface area contributed by atoms with Gasteiger partial charge in [0.1, 0.15) is 11.5 Å². The Balaban J connectivity index is 1.43. The van der Waals surface area contributed by atoms with Gasteiger partial charge in [-0.1, -0.05) is 6.42 Å². The van der Waals surface area contributed by atoms with Crippen LogP contribution in [0.5, 0.6) is 0 Å². The van der Waals surface area contributed by atoms with Crippen LogP contribution in [0.4, 0.5) is 5.69 Å². The van der Waals surface area contributed by atoms with Gasteiger partial charge in [0.2, 0.25) is 15.9 Å². The fraction of sp³-hybridized carbons (Fsp3) is 0.500. The maximum absolute atomic E-state index is 12.9. The normalized spacial score (nSPS) is 18.4. The van der Waals surface area contributed by atoms with Crippen molar-refractivity contribution in [2.24, 2.45) is 0 Å². The van der Waals surface area contributed by atoms with Crippen molar-refractivity contribution in [1.29, 1.82) is 0 Å². The van der Waals surface area contributed by atoms with E-state index in [1.807, 2.05) is 26.0 Å². The zero-order valence-electron chi connectivity index (χ0n) is 17.6. The molecule has 7 nitrogen and oxygen atoms in total. The standard InChI is InChI=1S/C22H29N3O4S/c1-16-6-9-21(29-16)17(2)23-15-22(26)25-13-10-18-14-19(7-8-20(18)25)30(27,28)24-11-4-3-5-12-24/h6-9,14,17,23H,3-5,10-13,15H2,1-2H3. The van der Waals surface area contributed by atoms with Crippen LogP contribution < -0.4 is 10.2 Å². The van der Waals surface area contributed by atoms with Gasteiger partial charge in [0.25, 0.3) is 0 Å². The Hall–Kier alpha value is -2.16. The maximum Gasteiger partial charge on any atom is 0.243 e. The van der Waals surface area contributed by atoms with Crippen LogP contribution in [-0.4, -0.2) is 44.8 Å². The molecule has 0 saturated carbocycles. The number of nitrogens with zero attached hydrogens (tertiary/aromatic N) is 2. The molecular formula is C22H29N3O4S. The molecule has 3 heterocycles. The summed E-state index contributed by atoms with van der Waals surface area (Å²) in [7, 11) is -3.46. The third kappa shape index (κ3) is 4.17. The largest absolute Gasteiger partial charge is 0.465 e. The number of hydrogen-bond donors (Lipinski definition) is 1. The van der Waals surface area contributed by atoms with Gasteiger partial charge in [-0.05, 0) is 69.0 Å². The molecule has 0 aliphatic carbocycles. The molecule has 2 aliphatic heterocycles. The fourth-order valence-corrected chi connectivity index (χ4v) is 5.74. The molecule has 30 heavy (non-hydrogen) atoms. The number of rotatable bonds is 6. The Morgan fingerprint density at radius 1 is 1.13 bits per heavy atom. The van der Waals surface area contributed by atoms with Crippen molar-refractivity contribution in [2.75, 3.05) is 31.1 Å². The zero-order chi connectivity index (χ0) is 21.3. The summed E-state index contributed by atoms with van der Waals surface area (Å²) in [5, 5.41) is 3.21. The topological polar surface area (TPSA) is 82.9 Å². The Bertz CT molecular complexity index is 1020. The van der Waals surface area contributed by atoms with Crippen molar-refractivity contribution in [2.45, 2.75) is 50.5 Å². The van der Waals surface area contributed by atoms with Crippen molar-refractivity contribution >= 4 is 21.6 Å². The molecule has 1 fully saturated rings. The highest BCUT2D eigenvalue weighted by atomic mass is 32.2. The average Bonchev–Trinajstić information content (AvgIpc) is 3.38. The van der Waals surface area contributed by atoms with Crippen LogP contribution in [0.15, 0.2) is 39.6 Å². The lowest BCUT2D eigenvalue weighted by atomic mass is 10.2. The van der Waals surface area contributed by atoms with Crippen molar-refractivity contribution < 1.29 is 17.6 Å². The van der Waals surface area contributed by atoms with E-state index in [0.717, 1.165) is 42.0 Å². The number of sulfonamides is 1. The number of amides is 1. The second kappa shape index (κ2) is 8.53. The molecule has 162 valence electrons. The predicted octanol–water partition coefficient (Wildman–Crippen LogP) is 3.00. The molecule has 0 radical (unpaired) electrons. The summed E-state index contributed by atoms with van der Waals surface area (Å²) in [4.78, 5) is 14.9. The van der Waals surface area contributed by atoms with Crippen molar-refractivity contribution in [3.8, 4) is 0 Å². The molecular weight excluding hydrogens is 402 g/mol. The number of aryl methyl sites for hydroxylation is 1. The molecule has 8 heteroatoms. The summed E-state index contributed by atoms with van der Waals surface area (Å²) in [6.07, 6.45) is 3.57. The Morgan fingerprint density at radius 2 is 1.90 bits per heavy atom. The van der Waals surface area contributed by atoms with Crippen LogP contribution in [0.3, 0.4) is 0 Å². The highest BCUT2D eigenvalue weighted by Gasteiger charge is 2.30. The Kier molecular flexibility index (Phi) is 5.99. The minimum atomic E-state index is -3.46. The maximum atomic E-state index is 12.9. The lowest BCUT2D eigenvalue weighted by Gasteiger charge is -2.26. The number of nitrogens with one attached hydrogen (secondary N) is 1. The highest BCUT2D eigenvalue weighted by molar-refractivity contribution is 7.89. The first-order chi connectivity index (χ1) is 14.4. The summed E-state index contributed by atoms with van der Waals surface area (Å²) >= 11 is 0. The molecule has 2 aromatic rings. The molecule has 1 N–H and O–H groups in total. The van der Waals surface area contributed by atoms with E-state index in [1.165, 1.54) is 0 Å². The van der Waals surface area contributed by atoms with E-state index < -0.39 is 10.0 Å². The summed E-state index contributed by atoms with van der Waals surface area (Å²) in [5.41, 5.74) is 1.72. The SMILES string of the molecule is Cc1ccc(C(C)NCC(=O)N2CCc3cc(S(=O)(=O)N4CCCCC4)ccc32)o1. The van der Waals surface area contributed by atoms with Gasteiger partial charge >= 0.3 is 0 Å². The van der Waals surface area contributed by atoms with Gasteiger partial charge in [-0.2, -0.15) is 4.31 Å². The number of carbonyl (C=O) groups is 1. The second-order valence-corrected chi connectivity index (χ2v) is 10.0. The van der Waals surface area contributed by atoms with Gasteiger partial charge in [0, 0.05) is 25.3 Å². The number of furan rings is 1. The predicted molar refractivity (Wildman–Crippen MR) is 115 cm³/mol. The quantitative estimate of drug-likeness (QED) is 0.760. The number of benzene rings is 1. The number of anilines is 1. The number of piperidine rings is 1. The van der Waals surface area contributed by atoms with Crippen LogP contribution in [0.1, 0.15) is 49.3 Å². The van der Waals surface area contributed by atoms with Gasteiger partial charge in [-0.3, -0.25) is 10.1 Å². The van der Waals surface area contributed by atoms with Gasteiger partial charge in [-0.15, -0.1) is 0 Å². The lowest BCUT2D eigenvalue weighted by Crippen LogP contribution is -2.38. The van der Waals surface area contributed by atoms with Crippen molar-refractivity contribution in [3.05, 3.63) is 47.4 Å². The summed E-state index contributed by atoms with van der Waals surface area (Å²) in [6, 6.07) is 8.90. The minimum absolute atomic E-state index is 0.0319. The third-order valence-corrected chi connectivity index (χ3v) is 7.84. The minimum Gasteiger partial charge on any atom is -0.465 e. The second-order valence-electron chi connectivity index (χ2n) is 8.10. The van der Waals surface area contributed by atoms with E-state index >= 15 is 0 Å². The first-order valence-corrected chi connectivity index (χ1v) is 12.0. The van der Waals surface area contributed by atoms with E-state index in [9.17, 15) is 13.2 Å². The molecule has 1 amide bonds. The van der Waals surface area contributed by atoms with E-state index in [2.05, 4.69) is 5.32 Å². The van der Waals surface area contributed by atoms with E-state index in [-0.39, 0.29) is 18.5 Å². The van der Waals surface area contributed by atoms with Crippen LogP contribution in [0.25, 0.3) is 0 Å². The molecule has 1 atom stereocenters. The molecule has 1 unspecified atom stereocenters. The number of carbonyl (C=O) groups excluding carboxylic acids is 1. The summed E-state index contributed by atoms with van der Waals surface area (Å²) in [6.45, 7) is 5.78. The van der Waals surface area contributed by atoms with Crippen molar-refractivity contribution in [3.63, 3.8) is 0 Å². The number of fused-ring (bicyclic) bond motifs is 1. The molecule has 1 aromatic carbocycles. The zero-order valence-corrected chi connectivity index (χ0v) is 18.4.